The molecular weight excluding hydrogens is 240 g/mol. The van der Waals surface area contributed by atoms with Crippen LogP contribution in [0.4, 0.5) is 0 Å². The second-order valence-corrected chi connectivity index (χ2v) is 5.01. The van der Waals surface area contributed by atoms with Crippen molar-refractivity contribution in [3.8, 4) is 5.75 Å². The number of carbonyl (C=O) groups excluding carboxylic acids is 1. The smallest absolute Gasteiger partial charge is 0.268 e. The Morgan fingerprint density at radius 2 is 1.79 bits per heavy atom. The topological polar surface area (TPSA) is 41.6 Å². The minimum Gasteiger partial charge on any atom is -0.494 e. The molecule has 4 heteroatoms. The third-order valence-corrected chi connectivity index (χ3v) is 2.54. The molecule has 1 N–H and O–H groups in total. The largest absolute Gasteiger partial charge is 0.494 e. The summed E-state index contributed by atoms with van der Waals surface area (Å²) in [5.74, 6) is 0.763. The molecule has 0 radical (unpaired) electrons. The van der Waals surface area contributed by atoms with Crippen molar-refractivity contribution in [3.63, 3.8) is 0 Å². The van der Waals surface area contributed by atoms with Crippen LogP contribution < -0.4 is 10.2 Å². The fourth-order valence-corrected chi connectivity index (χ4v) is 1.72. The summed E-state index contributed by atoms with van der Waals surface area (Å²) in [5.41, 5.74) is 3.83. The normalized spacial score (nSPS) is 10.9. The molecular formula is C15H24N2O2. The number of carbonyl (C=O) groups is 1. The van der Waals surface area contributed by atoms with Crippen LogP contribution in [-0.2, 0) is 0 Å². The van der Waals surface area contributed by atoms with Gasteiger partial charge in [0.15, 0.2) is 0 Å². The molecule has 0 unspecified atom stereocenters. The fourth-order valence-electron chi connectivity index (χ4n) is 1.72. The number of nitrogens with one attached hydrogen (secondary N) is 1. The summed E-state index contributed by atoms with van der Waals surface area (Å²) in [6, 6.07) is 7.56. The maximum absolute atomic E-state index is 12.4. The van der Waals surface area contributed by atoms with Gasteiger partial charge in [-0.25, -0.2) is 5.43 Å². The predicted molar refractivity (Wildman–Crippen MR) is 77.2 cm³/mol. The van der Waals surface area contributed by atoms with Gasteiger partial charge in [0.25, 0.3) is 5.91 Å². The van der Waals surface area contributed by atoms with Crippen LogP contribution in [-0.4, -0.2) is 29.6 Å². The highest BCUT2D eigenvalue weighted by molar-refractivity contribution is 5.94. The molecule has 19 heavy (non-hydrogen) atoms. The van der Waals surface area contributed by atoms with Gasteiger partial charge in [0, 0.05) is 17.6 Å². The van der Waals surface area contributed by atoms with Gasteiger partial charge in [0.05, 0.1) is 6.61 Å². The van der Waals surface area contributed by atoms with Crippen LogP contribution in [0.3, 0.4) is 0 Å². The highest BCUT2D eigenvalue weighted by Gasteiger charge is 2.19. The Morgan fingerprint density at radius 3 is 2.21 bits per heavy atom. The van der Waals surface area contributed by atoms with Gasteiger partial charge < -0.3 is 4.74 Å². The molecule has 1 amide bonds. The summed E-state index contributed by atoms with van der Waals surface area (Å²) >= 11 is 0. The SMILES string of the molecule is CCOc1ccc(C(=O)N(NC(C)C)C(C)C)cc1. The molecule has 106 valence electrons. The Balaban J connectivity index is 2.84. The van der Waals surface area contributed by atoms with E-state index in [1.54, 1.807) is 17.1 Å². The fraction of sp³-hybridized carbons (Fsp3) is 0.533. The molecule has 0 saturated carbocycles. The molecule has 0 fully saturated rings. The molecule has 0 aliphatic rings. The van der Waals surface area contributed by atoms with Gasteiger partial charge in [-0.15, -0.1) is 0 Å². The highest BCUT2D eigenvalue weighted by Crippen LogP contribution is 2.14. The average molecular weight is 264 g/mol. The molecule has 0 aromatic heterocycles. The Bertz CT molecular complexity index is 399. The lowest BCUT2D eigenvalue weighted by molar-refractivity contribution is 0.0550. The number of amides is 1. The standard InChI is InChI=1S/C15H24N2O2/c1-6-19-14-9-7-13(8-10-14)15(18)17(12(4)5)16-11(2)3/h7-12,16H,6H2,1-5H3. The van der Waals surface area contributed by atoms with Crippen molar-refractivity contribution >= 4 is 5.91 Å². The minimum absolute atomic E-state index is 0.0215. The van der Waals surface area contributed by atoms with Gasteiger partial charge in [-0.05, 0) is 58.9 Å². The summed E-state index contributed by atoms with van der Waals surface area (Å²) in [7, 11) is 0. The molecule has 4 nitrogen and oxygen atoms in total. The third-order valence-electron chi connectivity index (χ3n) is 2.54. The summed E-state index contributed by atoms with van der Waals surface area (Å²) in [6.07, 6.45) is 0. The molecule has 0 saturated heterocycles. The van der Waals surface area contributed by atoms with Gasteiger partial charge in [-0.3, -0.25) is 9.80 Å². The van der Waals surface area contributed by atoms with Crippen LogP contribution in [0.25, 0.3) is 0 Å². The highest BCUT2D eigenvalue weighted by atomic mass is 16.5. The molecule has 0 spiro atoms. The van der Waals surface area contributed by atoms with E-state index in [1.807, 2.05) is 46.8 Å². The third kappa shape index (κ3) is 4.56. The van der Waals surface area contributed by atoms with Crippen molar-refractivity contribution in [2.45, 2.75) is 46.7 Å². The lowest BCUT2D eigenvalue weighted by Crippen LogP contribution is -2.50. The first-order valence-electron chi connectivity index (χ1n) is 6.78. The average Bonchev–Trinajstić information content (AvgIpc) is 2.36. The maximum atomic E-state index is 12.4. The summed E-state index contributed by atoms with van der Waals surface area (Å²) in [5, 5.41) is 1.67. The van der Waals surface area contributed by atoms with Gasteiger partial charge in [0.2, 0.25) is 0 Å². The van der Waals surface area contributed by atoms with Crippen molar-refractivity contribution in [3.05, 3.63) is 29.8 Å². The van der Waals surface area contributed by atoms with E-state index in [0.717, 1.165) is 5.75 Å². The molecule has 0 bridgehead atoms. The van der Waals surface area contributed by atoms with E-state index in [-0.39, 0.29) is 18.0 Å². The van der Waals surface area contributed by atoms with Crippen molar-refractivity contribution in [2.75, 3.05) is 6.61 Å². The van der Waals surface area contributed by atoms with Crippen LogP contribution >= 0.6 is 0 Å². The van der Waals surface area contributed by atoms with Gasteiger partial charge >= 0.3 is 0 Å². The molecule has 0 heterocycles. The molecule has 0 atom stereocenters. The first-order chi connectivity index (χ1) is 8.95. The summed E-state index contributed by atoms with van der Waals surface area (Å²) in [6.45, 7) is 10.6. The molecule has 1 aromatic rings. The number of hydrogen-bond acceptors (Lipinski definition) is 3. The second kappa shape index (κ2) is 7.14. The van der Waals surface area contributed by atoms with E-state index in [2.05, 4.69) is 5.43 Å². The van der Waals surface area contributed by atoms with Gasteiger partial charge in [-0.1, -0.05) is 0 Å². The predicted octanol–water partition coefficient (Wildman–Crippen LogP) is 2.85. The van der Waals surface area contributed by atoms with Crippen molar-refractivity contribution in [2.24, 2.45) is 0 Å². The van der Waals surface area contributed by atoms with E-state index in [4.69, 9.17) is 4.74 Å². The Morgan fingerprint density at radius 1 is 1.21 bits per heavy atom. The first kappa shape index (κ1) is 15.5. The molecule has 0 aliphatic carbocycles. The van der Waals surface area contributed by atoms with Crippen molar-refractivity contribution < 1.29 is 9.53 Å². The quantitative estimate of drug-likeness (QED) is 0.803. The van der Waals surface area contributed by atoms with E-state index in [9.17, 15) is 4.79 Å². The number of ether oxygens (including phenoxy) is 1. The van der Waals surface area contributed by atoms with Crippen LogP contribution in [0.2, 0.25) is 0 Å². The minimum atomic E-state index is -0.0215. The van der Waals surface area contributed by atoms with E-state index in [1.165, 1.54) is 0 Å². The lowest BCUT2D eigenvalue weighted by atomic mass is 10.2. The Labute approximate surface area is 115 Å². The summed E-state index contributed by atoms with van der Waals surface area (Å²) in [4.78, 5) is 12.4. The van der Waals surface area contributed by atoms with Crippen molar-refractivity contribution in [1.82, 2.24) is 10.4 Å². The number of hydrazine groups is 1. The number of nitrogens with zero attached hydrogens (tertiary/aromatic N) is 1. The number of benzene rings is 1. The monoisotopic (exact) mass is 264 g/mol. The van der Waals surface area contributed by atoms with Crippen LogP contribution in [0.5, 0.6) is 5.75 Å². The van der Waals surface area contributed by atoms with Gasteiger partial charge in [-0.2, -0.15) is 0 Å². The maximum Gasteiger partial charge on any atom is 0.268 e. The van der Waals surface area contributed by atoms with Gasteiger partial charge in [0.1, 0.15) is 5.75 Å². The van der Waals surface area contributed by atoms with E-state index in [0.29, 0.717) is 12.2 Å². The molecule has 0 aliphatic heterocycles. The second-order valence-electron chi connectivity index (χ2n) is 5.01. The zero-order valence-corrected chi connectivity index (χ0v) is 12.4. The Hall–Kier alpha value is -1.55. The zero-order valence-electron chi connectivity index (χ0n) is 12.4. The molecule has 1 rings (SSSR count). The summed E-state index contributed by atoms with van der Waals surface area (Å²) < 4.78 is 5.37. The number of rotatable bonds is 6. The molecule has 1 aromatic carbocycles. The lowest BCUT2D eigenvalue weighted by Gasteiger charge is -2.29. The van der Waals surface area contributed by atoms with Crippen LogP contribution in [0.15, 0.2) is 24.3 Å². The number of hydrogen-bond donors (Lipinski definition) is 1. The van der Waals surface area contributed by atoms with Crippen LogP contribution in [0, 0.1) is 0 Å². The zero-order chi connectivity index (χ0) is 14.4. The van der Waals surface area contributed by atoms with Crippen molar-refractivity contribution in [1.29, 1.82) is 0 Å². The first-order valence-corrected chi connectivity index (χ1v) is 6.78. The van der Waals surface area contributed by atoms with Crippen LogP contribution in [0.1, 0.15) is 45.0 Å². The Kier molecular flexibility index (Phi) is 5.83. The van der Waals surface area contributed by atoms with E-state index >= 15 is 0 Å². The van der Waals surface area contributed by atoms with E-state index < -0.39 is 0 Å².